The van der Waals surface area contributed by atoms with Gasteiger partial charge in [0.15, 0.2) is 0 Å². The molecule has 0 aromatic heterocycles. The number of likely N-dealkylation sites (tertiary alicyclic amines) is 1. The van der Waals surface area contributed by atoms with Gasteiger partial charge in [0.05, 0.1) is 26.3 Å². The van der Waals surface area contributed by atoms with E-state index in [0.29, 0.717) is 13.2 Å². The molecule has 0 saturated carbocycles. The predicted molar refractivity (Wildman–Crippen MR) is 100 cm³/mol. The van der Waals surface area contributed by atoms with E-state index in [9.17, 15) is 0 Å². The third-order valence-electron chi connectivity index (χ3n) is 4.99. The van der Waals surface area contributed by atoms with Gasteiger partial charge in [0.2, 0.25) is 0 Å². The molecule has 1 aliphatic heterocycles. The van der Waals surface area contributed by atoms with Crippen LogP contribution >= 0.6 is 0 Å². The average molecular weight is 335 g/mol. The fraction of sp³-hybridized carbons (Fsp3) is 0.714. The molecule has 3 nitrogen and oxygen atoms in total. The van der Waals surface area contributed by atoms with Crippen LogP contribution in [0, 0.1) is 12.8 Å². The van der Waals surface area contributed by atoms with Crippen molar-refractivity contribution in [2.75, 3.05) is 39.5 Å². The van der Waals surface area contributed by atoms with Crippen LogP contribution in [0.15, 0.2) is 18.2 Å². The number of piperidine rings is 1. The first kappa shape index (κ1) is 19.3. The van der Waals surface area contributed by atoms with E-state index in [0.717, 1.165) is 24.8 Å². The number of benzene rings is 1. The van der Waals surface area contributed by atoms with Crippen molar-refractivity contribution in [3.63, 3.8) is 0 Å². The highest BCUT2D eigenvalue weighted by atomic mass is 16.5. The molecule has 2 atom stereocenters. The van der Waals surface area contributed by atoms with Crippen molar-refractivity contribution in [2.45, 2.75) is 52.9 Å². The lowest BCUT2D eigenvalue weighted by atomic mass is 9.86. The molecule has 3 heteroatoms. The average Bonchev–Trinajstić information content (AvgIpc) is 2.51. The molecule has 1 saturated heterocycles. The van der Waals surface area contributed by atoms with Crippen molar-refractivity contribution >= 4 is 0 Å². The summed E-state index contributed by atoms with van der Waals surface area (Å²) in [4.78, 5) is 1.70. The molecule has 0 radical (unpaired) electrons. The summed E-state index contributed by atoms with van der Waals surface area (Å²) in [5.41, 5.74) is 2.73. The van der Waals surface area contributed by atoms with Crippen molar-refractivity contribution in [2.24, 2.45) is 5.92 Å². The van der Waals surface area contributed by atoms with Crippen LogP contribution in [-0.2, 0) is 10.2 Å². The SMILES string of the molecule is Cc1cc(C(C)(C)C)ccc1OCCOCC[NH+]1CCC[C@H](C)C1. The van der Waals surface area contributed by atoms with Crippen LogP contribution < -0.4 is 9.64 Å². The van der Waals surface area contributed by atoms with Crippen LogP contribution in [0.5, 0.6) is 5.75 Å². The Bertz CT molecular complexity index is 507. The Morgan fingerprint density at radius 1 is 1.17 bits per heavy atom. The summed E-state index contributed by atoms with van der Waals surface area (Å²) in [6, 6.07) is 6.50. The van der Waals surface area contributed by atoms with Crippen molar-refractivity contribution in [1.82, 2.24) is 0 Å². The number of hydrogen-bond acceptors (Lipinski definition) is 2. The summed E-state index contributed by atoms with van der Waals surface area (Å²) < 4.78 is 11.6. The quantitative estimate of drug-likeness (QED) is 0.775. The van der Waals surface area contributed by atoms with Crippen LogP contribution in [0.2, 0.25) is 0 Å². The number of ether oxygens (including phenoxy) is 2. The molecule has 1 aliphatic rings. The second-order valence-corrected chi connectivity index (χ2v) is 8.39. The lowest BCUT2D eigenvalue weighted by molar-refractivity contribution is -0.908. The summed E-state index contributed by atoms with van der Waals surface area (Å²) >= 11 is 0. The highest BCUT2D eigenvalue weighted by Crippen LogP contribution is 2.27. The number of aryl methyl sites for hydroxylation is 1. The third-order valence-corrected chi connectivity index (χ3v) is 4.99. The Morgan fingerprint density at radius 2 is 1.96 bits per heavy atom. The van der Waals surface area contributed by atoms with Gasteiger partial charge >= 0.3 is 0 Å². The highest BCUT2D eigenvalue weighted by Gasteiger charge is 2.19. The summed E-state index contributed by atoms with van der Waals surface area (Å²) in [5, 5.41) is 0. The van der Waals surface area contributed by atoms with E-state index in [1.54, 1.807) is 4.90 Å². The molecule has 0 bridgehead atoms. The molecular formula is C21H36NO2+. The Kier molecular flexibility index (Phi) is 7.12. The first-order chi connectivity index (χ1) is 11.4. The van der Waals surface area contributed by atoms with Gasteiger partial charge in [0.25, 0.3) is 0 Å². The van der Waals surface area contributed by atoms with Crippen molar-refractivity contribution in [3.05, 3.63) is 29.3 Å². The molecule has 1 aromatic carbocycles. The fourth-order valence-electron chi connectivity index (χ4n) is 3.43. The van der Waals surface area contributed by atoms with E-state index in [-0.39, 0.29) is 5.41 Å². The molecule has 2 rings (SSSR count). The highest BCUT2D eigenvalue weighted by molar-refractivity contribution is 5.38. The zero-order valence-corrected chi connectivity index (χ0v) is 16.3. The van der Waals surface area contributed by atoms with Gasteiger partial charge in [0.1, 0.15) is 18.9 Å². The van der Waals surface area contributed by atoms with Gasteiger partial charge in [-0.05, 0) is 42.4 Å². The van der Waals surface area contributed by atoms with E-state index in [1.165, 1.54) is 37.1 Å². The molecule has 0 amide bonds. The monoisotopic (exact) mass is 334 g/mol. The Hall–Kier alpha value is -1.06. The molecule has 136 valence electrons. The minimum atomic E-state index is 0.181. The summed E-state index contributed by atoms with van der Waals surface area (Å²) in [7, 11) is 0. The van der Waals surface area contributed by atoms with Crippen molar-refractivity contribution < 1.29 is 14.4 Å². The number of quaternary nitrogens is 1. The van der Waals surface area contributed by atoms with Gasteiger partial charge < -0.3 is 14.4 Å². The zero-order valence-electron chi connectivity index (χ0n) is 16.3. The Balaban J connectivity index is 1.64. The van der Waals surface area contributed by atoms with Gasteiger partial charge in [0, 0.05) is 5.92 Å². The largest absolute Gasteiger partial charge is 0.491 e. The molecule has 1 N–H and O–H groups in total. The molecule has 1 heterocycles. The fourth-order valence-corrected chi connectivity index (χ4v) is 3.43. The molecule has 0 aliphatic carbocycles. The lowest BCUT2D eigenvalue weighted by Crippen LogP contribution is -3.14. The van der Waals surface area contributed by atoms with Crippen LogP contribution in [0.1, 0.15) is 51.7 Å². The van der Waals surface area contributed by atoms with E-state index in [2.05, 4.69) is 52.8 Å². The second kappa shape index (κ2) is 8.87. The minimum absolute atomic E-state index is 0.181. The first-order valence-corrected chi connectivity index (χ1v) is 9.51. The lowest BCUT2D eigenvalue weighted by Gasteiger charge is -2.27. The first-order valence-electron chi connectivity index (χ1n) is 9.51. The second-order valence-electron chi connectivity index (χ2n) is 8.39. The van der Waals surface area contributed by atoms with Gasteiger partial charge in [-0.15, -0.1) is 0 Å². The van der Waals surface area contributed by atoms with Crippen LogP contribution in [0.25, 0.3) is 0 Å². The van der Waals surface area contributed by atoms with Crippen LogP contribution in [0.3, 0.4) is 0 Å². The third kappa shape index (κ3) is 6.10. The van der Waals surface area contributed by atoms with Gasteiger partial charge in [-0.25, -0.2) is 0 Å². The van der Waals surface area contributed by atoms with Gasteiger partial charge in [-0.3, -0.25) is 0 Å². The van der Waals surface area contributed by atoms with Crippen molar-refractivity contribution in [3.8, 4) is 5.75 Å². The van der Waals surface area contributed by atoms with Crippen LogP contribution in [0.4, 0.5) is 0 Å². The van der Waals surface area contributed by atoms with E-state index in [4.69, 9.17) is 9.47 Å². The minimum Gasteiger partial charge on any atom is -0.491 e. The van der Waals surface area contributed by atoms with E-state index >= 15 is 0 Å². The Morgan fingerprint density at radius 3 is 2.62 bits per heavy atom. The van der Waals surface area contributed by atoms with Crippen molar-refractivity contribution in [1.29, 1.82) is 0 Å². The number of rotatable bonds is 7. The Labute approximate surface area is 148 Å². The van der Waals surface area contributed by atoms with Gasteiger partial charge in [-0.2, -0.15) is 0 Å². The molecular weight excluding hydrogens is 298 g/mol. The molecule has 0 spiro atoms. The summed E-state index contributed by atoms with van der Waals surface area (Å²) in [6.07, 6.45) is 2.76. The smallest absolute Gasteiger partial charge is 0.122 e. The van der Waals surface area contributed by atoms with E-state index < -0.39 is 0 Å². The van der Waals surface area contributed by atoms with Crippen LogP contribution in [-0.4, -0.2) is 39.5 Å². The molecule has 1 aromatic rings. The maximum absolute atomic E-state index is 5.88. The number of nitrogens with one attached hydrogen (secondary N) is 1. The maximum atomic E-state index is 5.88. The summed E-state index contributed by atoms with van der Waals surface area (Å²) in [6.45, 7) is 17.1. The topological polar surface area (TPSA) is 22.9 Å². The number of hydrogen-bond donors (Lipinski definition) is 1. The predicted octanol–water partition coefficient (Wildman–Crippen LogP) is 3.00. The maximum Gasteiger partial charge on any atom is 0.122 e. The molecule has 1 unspecified atom stereocenters. The zero-order chi connectivity index (χ0) is 17.6. The normalized spacial score (nSPS) is 21.7. The molecule has 24 heavy (non-hydrogen) atoms. The molecule has 1 fully saturated rings. The summed E-state index contributed by atoms with van der Waals surface area (Å²) in [5.74, 6) is 1.85. The van der Waals surface area contributed by atoms with E-state index in [1.807, 2.05) is 0 Å². The standard InChI is InChI=1S/C21H35NO2/c1-17-7-6-10-22(16-17)11-12-23-13-14-24-20-9-8-19(15-18(20)2)21(3,4)5/h8-9,15,17H,6-7,10-14,16H2,1-5H3/p+1/t17-/m0/s1. The van der Waals surface area contributed by atoms with Gasteiger partial charge in [-0.1, -0.05) is 39.8 Å².